The Balaban J connectivity index is 2.64. The molecule has 0 heterocycles. The molecule has 4 heteroatoms. The summed E-state index contributed by atoms with van der Waals surface area (Å²) >= 11 is 1.15. The van der Waals surface area contributed by atoms with Crippen molar-refractivity contribution in [2.45, 2.75) is 23.6 Å². The molecular formula is C10H13NO2S. The third kappa shape index (κ3) is 3.05. The lowest BCUT2D eigenvalue weighted by Crippen LogP contribution is -2.25. The van der Waals surface area contributed by atoms with Gasteiger partial charge in [0.25, 0.3) is 0 Å². The Hall–Kier alpha value is -1.00. The van der Waals surface area contributed by atoms with E-state index in [-0.39, 0.29) is 0 Å². The molecule has 0 saturated carbocycles. The van der Waals surface area contributed by atoms with Crippen LogP contribution < -0.4 is 5.73 Å². The molecule has 0 fully saturated rings. The number of hydrogen-bond donors (Lipinski definition) is 2. The maximum atomic E-state index is 10.5. The average Bonchev–Trinajstić information content (AvgIpc) is 2.19. The maximum absolute atomic E-state index is 10.5. The largest absolute Gasteiger partial charge is 0.479 e. The quantitative estimate of drug-likeness (QED) is 0.588. The molecule has 0 amide bonds. The summed E-state index contributed by atoms with van der Waals surface area (Å²) in [4.78, 5) is 11.4. The predicted molar refractivity (Wildman–Crippen MR) is 57.3 cm³/mol. The van der Waals surface area contributed by atoms with Crippen LogP contribution in [0, 0.1) is 0 Å². The van der Waals surface area contributed by atoms with Crippen LogP contribution in [-0.2, 0) is 11.2 Å². The lowest BCUT2D eigenvalue weighted by Gasteiger charge is -2.06. The first-order chi connectivity index (χ1) is 6.63. The van der Waals surface area contributed by atoms with Gasteiger partial charge in [0, 0.05) is 4.90 Å². The van der Waals surface area contributed by atoms with Crippen molar-refractivity contribution in [3.05, 3.63) is 29.8 Å². The predicted octanol–water partition coefficient (Wildman–Crippen LogP) is 1.71. The second kappa shape index (κ2) is 5.02. The van der Waals surface area contributed by atoms with Crippen molar-refractivity contribution >= 4 is 17.7 Å². The molecule has 0 saturated heterocycles. The van der Waals surface area contributed by atoms with Crippen LogP contribution in [0.3, 0.4) is 0 Å². The summed E-state index contributed by atoms with van der Waals surface area (Å²) in [6.45, 7) is 2.07. The Bertz CT molecular complexity index is 310. The van der Waals surface area contributed by atoms with E-state index in [0.29, 0.717) is 0 Å². The highest BCUT2D eigenvalue weighted by molar-refractivity contribution is 8.00. The maximum Gasteiger partial charge on any atom is 0.331 e. The number of rotatable bonds is 4. The van der Waals surface area contributed by atoms with E-state index >= 15 is 0 Å². The van der Waals surface area contributed by atoms with E-state index < -0.39 is 11.3 Å². The van der Waals surface area contributed by atoms with Crippen molar-refractivity contribution in [1.82, 2.24) is 0 Å². The average molecular weight is 211 g/mol. The summed E-state index contributed by atoms with van der Waals surface area (Å²) < 4.78 is 0. The highest BCUT2D eigenvalue weighted by Crippen LogP contribution is 2.21. The monoisotopic (exact) mass is 211 g/mol. The molecule has 0 bridgehead atoms. The van der Waals surface area contributed by atoms with Crippen LogP contribution in [0.1, 0.15) is 12.5 Å². The van der Waals surface area contributed by atoms with Crippen LogP contribution in [0.15, 0.2) is 29.2 Å². The Morgan fingerprint density at radius 1 is 1.50 bits per heavy atom. The van der Waals surface area contributed by atoms with Gasteiger partial charge in [-0.25, -0.2) is 4.79 Å². The summed E-state index contributed by atoms with van der Waals surface area (Å²) in [7, 11) is 0. The molecule has 0 aromatic heterocycles. The number of carboxylic acid groups (broad SMARTS) is 1. The first-order valence-electron chi connectivity index (χ1n) is 4.37. The van der Waals surface area contributed by atoms with E-state index in [9.17, 15) is 4.79 Å². The zero-order valence-electron chi connectivity index (χ0n) is 7.93. The fourth-order valence-electron chi connectivity index (χ4n) is 1.00. The standard InChI is InChI=1S/C10H13NO2S/c1-2-7-3-5-8(6-4-7)14-9(11)10(12)13/h3-6,9H,2,11H2,1H3,(H,12,13). The summed E-state index contributed by atoms with van der Waals surface area (Å²) in [6, 6.07) is 7.76. The number of benzene rings is 1. The fraction of sp³-hybridized carbons (Fsp3) is 0.300. The summed E-state index contributed by atoms with van der Waals surface area (Å²) in [6.07, 6.45) is 0.982. The number of aryl methyl sites for hydroxylation is 1. The van der Waals surface area contributed by atoms with Crippen LogP contribution in [0.2, 0.25) is 0 Å². The lowest BCUT2D eigenvalue weighted by molar-refractivity contribution is -0.136. The van der Waals surface area contributed by atoms with Crippen molar-refractivity contribution in [2.24, 2.45) is 5.73 Å². The van der Waals surface area contributed by atoms with E-state index in [1.165, 1.54) is 5.56 Å². The number of aliphatic carboxylic acids is 1. The highest BCUT2D eigenvalue weighted by Gasteiger charge is 2.12. The van der Waals surface area contributed by atoms with E-state index in [2.05, 4.69) is 6.92 Å². The number of hydrogen-bond acceptors (Lipinski definition) is 3. The number of thioether (sulfide) groups is 1. The molecule has 0 radical (unpaired) electrons. The van der Waals surface area contributed by atoms with Gasteiger partial charge in [-0.3, -0.25) is 0 Å². The third-order valence-corrected chi connectivity index (χ3v) is 2.84. The Morgan fingerprint density at radius 2 is 2.07 bits per heavy atom. The lowest BCUT2D eigenvalue weighted by atomic mass is 10.2. The van der Waals surface area contributed by atoms with Gasteiger partial charge in [0.1, 0.15) is 0 Å². The second-order valence-electron chi connectivity index (χ2n) is 2.87. The van der Waals surface area contributed by atoms with Crippen molar-refractivity contribution in [1.29, 1.82) is 0 Å². The molecule has 14 heavy (non-hydrogen) atoms. The zero-order valence-corrected chi connectivity index (χ0v) is 8.75. The van der Waals surface area contributed by atoms with Crippen molar-refractivity contribution < 1.29 is 9.90 Å². The molecule has 1 rings (SSSR count). The highest BCUT2D eigenvalue weighted by atomic mass is 32.2. The molecule has 1 aromatic carbocycles. The van der Waals surface area contributed by atoms with Crippen LogP contribution in [-0.4, -0.2) is 16.4 Å². The van der Waals surface area contributed by atoms with Gasteiger partial charge in [0.2, 0.25) is 0 Å². The molecule has 3 N–H and O–H groups in total. The number of carboxylic acids is 1. The molecule has 0 aliphatic heterocycles. The molecule has 3 nitrogen and oxygen atoms in total. The first-order valence-corrected chi connectivity index (χ1v) is 5.25. The molecular weight excluding hydrogens is 198 g/mol. The molecule has 0 aliphatic rings. The van der Waals surface area contributed by atoms with Gasteiger partial charge in [-0.2, -0.15) is 0 Å². The molecule has 1 atom stereocenters. The van der Waals surface area contributed by atoms with Gasteiger partial charge >= 0.3 is 5.97 Å². The minimum absolute atomic E-state index is 0.886. The first kappa shape index (κ1) is 11.1. The normalized spacial score (nSPS) is 12.4. The fourth-order valence-corrected chi connectivity index (χ4v) is 1.69. The summed E-state index contributed by atoms with van der Waals surface area (Å²) in [5.74, 6) is -0.991. The van der Waals surface area contributed by atoms with Gasteiger partial charge in [-0.05, 0) is 24.1 Å². The van der Waals surface area contributed by atoms with Crippen LogP contribution >= 0.6 is 11.8 Å². The Morgan fingerprint density at radius 3 is 2.50 bits per heavy atom. The van der Waals surface area contributed by atoms with Crippen LogP contribution in [0.5, 0.6) is 0 Å². The zero-order chi connectivity index (χ0) is 10.6. The third-order valence-electron chi connectivity index (χ3n) is 1.84. The summed E-state index contributed by atoms with van der Waals surface area (Å²) in [5, 5.41) is 7.71. The van der Waals surface area contributed by atoms with Gasteiger partial charge in [-0.15, -0.1) is 0 Å². The minimum atomic E-state index is -0.991. The second-order valence-corrected chi connectivity index (χ2v) is 4.09. The van der Waals surface area contributed by atoms with E-state index in [1.54, 1.807) is 0 Å². The smallest absolute Gasteiger partial charge is 0.331 e. The minimum Gasteiger partial charge on any atom is -0.479 e. The molecule has 1 unspecified atom stereocenters. The van der Waals surface area contributed by atoms with E-state index in [4.69, 9.17) is 10.8 Å². The summed E-state index contributed by atoms with van der Waals surface area (Å²) in [5.41, 5.74) is 6.62. The van der Waals surface area contributed by atoms with Crippen LogP contribution in [0.4, 0.5) is 0 Å². The molecule has 0 spiro atoms. The molecule has 76 valence electrons. The Kier molecular flexibility index (Phi) is 3.98. The molecule has 0 aliphatic carbocycles. The number of nitrogens with two attached hydrogens (primary N) is 1. The van der Waals surface area contributed by atoms with Gasteiger partial charge in [0.05, 0.1) is 0 Å². The Labute approximate surface area is 87.3 Å². The van der Waals surface area contributed by atoms with E-state index in [0.717, 1.165) is 23.1 Å². The van der Waals surface area contributed by atoms with Crippen molar-refractivity contribution in [2.75, 3.05) is 0 Å². The van der Waals surface area contributed by atoms with Gasteiger partial charge in [0.15, 0.2) is 5.37 Å². The number of carbonyl (C=O) groups is 1. The van der Waals surface area contributed by atoms with Gasteiger partial charge < -0.3 is 10.8 Å². The van der Waals surface area contributed by atoms with Crippen molar-refractivity contribution in [3.8, 4) is 0 Å². The van der Waals surface area contributed by atoms with E-state index in [1.807, 2.05) is 24.3 Å². The van der Waals surface area contributed by atoms with Crippen LogP contribution in [0.25, 0.3) is 0 Å². The molecule has 1 aromatic rings. The topological polar surface area (TPSA) is 63.3 Å². The van der Waals surface area contributed by atoms with Crippen molar-refractivity contribution in [3.63, 3.8) is 0 Å². The SMILES string of the molecule is CCc1ccc(SC(N)C(=O)O)cc1. The van der Waals surface area contributed by atoms with Gasteiger partial charge in [-0.1, -0.05) is 30.8 Å².